The molecule has 1 heterocycles. The van der Waals surface area contributed by atoms with E-state index in [-0.39, 0.29) is 17.4 Å². The van der Waals surface area contributed by atoms with Crippen molar-refractivity contribution < 1.29 is 14.6 Å². The fourth-order valence-electron chi connectivity index (χ4n) is 2.17. The third-order valence-electron chi connectivity index (χ3n) is 3.34. The molecule has 0 fully saturated rings. The average molecular weight is 356 g/mol. The largest absolute Gasteiger partial charge is 0.507 e. The number of amides is 1. The van der Waals surface area contributed by atoms with Gasteiger partial charge in [-0.3, -0.25) is 9.89 Å². The molecule has 0 radical (unpaired) electrons. The van der Waals surface area contributed by atoms with Gasteiger partial charge >= 0.3 is 0 Å². The zero-order valence-corrected chi connectivity index (χ0v) is 14.2. The first-order valence-corrected chi connectivity index (χ1v) is 8.42. The molecule has 0 atom stereocenters. The molecule has 2 aromatic carbocycles. The second-order valence-electron chi connectivity index (χ2n) is 5.02. The number of para-hydroxylation sites is 3. The van der Waals surface area contributed by atoms with Crippen LogP contribution in [0.15, 0.2) is 53.7 Å². The summed E-state index contributed by atoms with van der Waals surface area (Å²) in [6.45, 7) is 0. The molecule has 25 heavy (non-hydrogen) atoms. The van der Waals surface area contributed by atoms with Gasteiger partial charge in [0.25, 0.3) is 0 Å². The quantitative estimate of drug-likeness (QED) is 0.587. The minimum absolute atomic E-state index is 0.115. The molecule has 0 aliphatic heterocycles. The van der Waals surface area contributed by atoms with E-state index >= 15 is 0 Å². The Balaban J connectivity index is 1.61. The third-order valence-corrected chi connectivity index (χ3v) is 4.18. The van der Waals surface area contributed by atoms with E-state index in [1.807, 2.05) is 12.1 Å². The summed E-state index contributed by atoms with van der Waals surface area (Å²) in [6, 6.07) is 14.0. The van der Waals surface area contributed by atoms with E-state index in [9.17, 15) is 9.90 Å². The van der Waals surface area contributed by atoms with Gasteiger partial charge in [0.05, 0.1) is 24.1 Å². The highest BCUT2D eigenvalue weighted by molar-refractivity contribution is 7.99. The topological polar surface area (TPSA) is 100 Å². The third kappa shape index (κ3) is 4.10. The zero-order chi connectivity index (χ0) is 17.6. The van der Waals surface area contributed by atoms with Gasteiger partial charge in [-0.15, -0.1) is 5.10 Å². The molecule has 3 N–H and O–H groups in total. The van der Waals surface area contributed by atoms with E-state index in [2.05, 4.69) is 20.5 Å². The lowest BCUT2D eigenvalue weighted by Gasteiger charge is -2.08. The minimum atomic E-state index is -0.191. The second-order valence-corrected chi connectivity index (χ2v) is 5.96. The van der Waals surface area contributed by atoms with Gasteiger partial charge in [-0.1, -0.05) is 36.0 Å². The first-order chi connectivity index (χ1) is 12.2. The van der Waals surface area contributed by atoms with Crippen molar-refractivity contribution in [2.24, 2.45) is 0 Å². The standard InChI is InChI=1S/C17H16N4O3S/c1-24-14-9-5-3-7-12(14)18-15(23)10-25-17-19-16(20-21-17)11-6-2-4-8-13(11)22/h2-9,22H,10H2,1H3,(H,18,23)(H,19,20,21). The fourth-order valence-corrected chi connectivity index (χ4v) is 2.77. The van der Waals surface area contributed by atoms with E-state index < -0.39 is 0 Å². The number of carbonyl (C=O) groups is 1. The highest BCUT2D eigenvalue weighted by Crippen LogP contribution is 2.27. The molecular weight excluding hydrogens is 340 g/mol. The Morgan fingerprint density at radius 2 is 2.00 bits per heavy atom. The Bertz CT molecular complexity index is 882. The maximum Gasteiger partial charge on any atom is 0.234 e. The molecule has 0 bridgehead atoms. The average Bonchev–Trinajstić information content (AvgIpc) is 3.09. The summed E-state index contributed by atoms with van der Waals surface area (Å²) in [5.74, 6) is 1.12. The molecule has 0 spiro atoms. The van der Waals surface area contributed by atoms with Crippen LogP contribution in [0.5, 0.6) is 11.5 Å². The number of methoxy groups -OCH3 is 1. The Morgan fingerprint density at radius 3 is 2.80 bits per heavy atom. The zero-order valence-electron chi connectivity index (χ0n) is 13.4. The maximum absolute atomic E-state index is 12.1. The van der Waals surface area contributed by atoms with E-state index in [1.54, 1.807) is 43.5 Å². The molecule has 0 aliphatic carbocycles. The first kappa shape index (κ1) is 16.8. The number of thioether (sulfide) groups is 1. The summed E-state index contributed by atoms with van der Waals surface area (Å²) in [7, 11) is 1.55. The highest BCUT2D eigenvalue weighted by Gasteiger charge is 2.12. The number of rotatable bonds is 6. The van der Waals surface area contributed by atoms with Crippen LogP contribution in [0.4, 0.5) is 5.69 Å². The molecule has 0 saturated carbocycles. The predicted molar refractivity (Wildman–Crippen MR) is 95.8 cm³/mol. The molecule has 1 aromatic heterocycles. The molecule has 0 unspecified atom stereocenters. The minimum Gasteiger partial charge on any atom is -0.507 e. The molecule has 8 heteroatoms. The summed E-state index contributed by atoms with van der Waals surface area (Å²) >= 11 is 1.19. The van der Waals surface area contributed by atoms with Crippen molar-refractivity contribution >= 4 is 23.4 Å². The number of anilines is 1. The maximum atomic E-state index is 12.1. The number of H-pyrrole nitrogens is 1. The summed E-state index contributed by atoms with van der Waals surface area (Å²) in [5.41, 5.74) is 1.17. The smallest absolute Gasteiger partial charge is 0.234 e. The highest BCUT2D eigenvalue weighted by atomic mass is 32.2. The Labute approximate surface area is 148 Å². The molecule has 128 valence electrons. The predicted octanol–water partition coefficient (Wildman–Crippen LogP) is 2.92. The molecular formula is C17H16N4O3S. The van der Waals surface area contributed by atoms with Gasteiger partial charge in [0.15, 0.2) is 5.82 Å². The lowest BCUT2D eigenvalue weighted by molar-refractivity contribution is -0.113. The normalized spacial score (nSPS) is 10.4. The van der Waals surface area contributed by atoms with E-state index in [0.29, 0.717) is 28.0 Å². The number of phenols is 1. The van der Waals surface area contributed by atoms with Crippen LogP contribution < -0.4 is 10.1 Å². The first-order valence-electron chi connectivity index (χ1n) is 7.44. The van der Waals surface area contributed by atoms with Gasteiger partial charge in [0, 0.05) is 0 Å². The van der Waals surface area contributed by atoms with Crippen LogP contribution >= 0.6 is 11.8 Å². The number of aromatic hydroxyl groups is 1. The number of aromatic amines is 1. The van der Waals surface area contributed by atoms with Gasteiger partial charge in [-0.05, 0) is 24.3 Å². The fraction of sp³-hybridized carbons (Fsp3) is 0.118. The molecule has 1 amide bonds. The molecule has 3 aromatic rings. The van der Waals surface area contributed by atoms with Crippen LogP contribution in [0.25, 0.3) is 11.4 Å². The van der Waals surface area contributed by atoms with Crippen molar-refractivity contribution in [1.29, 1.82) is 0 Å². The SMILES string of the molecule is COc1ccccc1NC(=O)CSc1n[nH]c(-c2ccccc2O)n1. The van der Waals surface area contributed by atoms with Crippen molar-refractivity contribution in [2.45, 2.75) is 5.16 Å². The lowest BCUT2D eigenvalue weighted by Crippen LogP contribution is -2.14. The van der Waals surface area contributed by atoms with Gasteiger partial charge in [0.2, 0.25) is 11.1 Å². The molecule has 0 saturated heterocycles. The Kier molecular flexibility index (Phi) is 5.20. The number of nitrogens with one attached hydrogen (secondary N) is 2. The van der Waals surface area contributed by atoms with Crippen LogP contribution in [0.2, 0.25) is 0 Å². The number of hydrogen-bond donors (Lipinski definition) is 3. The van der Waals surface area contributed by atoms with Crippen molar-refractivity contribution in [3.05, 3.63) is 48.5 Å². The van der Waals surface area contributed by atoms with Crippen LogP contribution in [0, 0.1) is 0 Å². The van der Waals surface area contributed by atoms with Crippen LogP contribution in [0.3, 0.4) is 0 Å². The van der Waals surface area contributed by atoms with Crippen molar-refractivity contribution in [3.63, 3.8) is 0 Å². The molecule has 0 aliphatic rings. The van der Waals surface area contributed by atoms with Gasteiger partial charge in [-0.25, -0.2) is 4.98 Å². The van der Waals surface area contributed by atoms with E-state index in [0.717, 1.165) is 0 Å². The summed E-state index contributed by atoms with van der Waals surface area (Å²) in [5, 5.41) is 19.9. The Hall–Kier alpha value is -3.00. The lowest BCUT2D eigenvalue weighted by atomic mass is 10.2. The number of hydrogen-bond acceptors (Lipinski definition) is 6. The number of phenolic OH excluding ortho intramolecular Hbond substituents is 1. The van der Waals surface area contributed by atoms with Crippen LogP contribution in [0.1, 0.15) is 0 Å². The number of ether oxygens (including phenoxy) is 1. The van der Waals surface area contributed by atoms with Gasteiger partial charge in [-0.2, -0.15) is 0 Å². The number of benzene rings is 2. The second kappa shape index (κ2) is 7.71. The van der Waals surface area contributed by atoms with Crippen molar-refractivity contribution in [2.75, 3.05) is 18.2 Å². The summed E-state index contributed by atoms with van der Waals surface area (Å²) in [4.78, 5) is 16.4. The van der Waals surface area contributed by atoms with E-state index in [4.69, 9.17) is 4.74 Å². The van der Waals surface area contributed by atoms with Crippen LogP contribution in [-0.4, -0.2) is 39.1 Å². The molecule has 7 nitrogen and oxygen atoms in total. The number of nitrogens with zero attached hydrogens (tertiary/aromatic N) is 2. The van der Waals surface area contributed by atoms with Gasteiger partial charge < -0.3 is 15.2 Å². The summed E-state index contributed by atoms with van der Waals surface area (Å²) < 4.78 is 5.20. The summed E-state index contributed by atoms with van der Waals surface area (Å²) in [6.07, 6.45) is 0. The van der Waals surface area contributed by atoms with E-state index in [1.165, 1.54) is 11.8 Å². The Morgan fingerprint density at radius 1 is 1.24 bits per heavy atom. The monoisotopic (exact) mass is 356 g/mol. The number of aromatic nitrogens is 3. The number of carbonyl (C=O) groups excluding carboxylic acids is 1. The van der Waals surface area contributed by atoms with Gasteiger partial charge in [0.1, 0.15) is 11.5 Å². The van der Waals surface area contributed by atoms with Crippen molar-refractivity contribution in [1.82, 2.24) is 15.2 Å². The van der Waals surface area contributed by atoms with Crippen molar-refractivity contribution in [3.8, 4) is 22.9 Å². The van der Waals surface area contributed by atoms with Crippen LogP contribution in [-0.2, 0) is 4.79 Å². The molecule has 3 rings (SSSR count).